The molecule has 1 N–H and O–H groups in total. The van der Waals surface area contributed by atoms with Crippen LogP contribution in [0.5, 0.6) is 11.5 Å². The fraction of sp³-hybridized carbons (Fsp3) is 0.484. The van der Waals surface area contributed by atoms with Crippen molar-refractivity contribution in [3.05, 3.63) is 65.7 Å². The zero-order valence-corrected chi connectivity index (χ0v) is 21.9. The average Bonchev–Trinajstić information content (AvgIpc) is 3.71. The van der Waals surface area contributed by atoms with E-state index in [0.717, 1.165) is 56.0 Å². The number of likely N-dealkylation sites (tertiary alicyclic amines) is 1. The van der Waals surface area contributed by atoms with E-state index >= 15 is 0 Å². The molecular weight excluding hydrogens is 464 g/mol. The SMILES string of the molecule is COc1cccc(/C=C/C(=O)NC2CCC3CN(CC4CC4)CCC3(c3cccc(OC(C)=O)c3)C2)c1. The summed E-state index contributed by atoms with van der Waals surface area (Å²) >= 11 is 0. The van der Waals surface area contributed by atoms with Gasteiger partial charge < -0.3 is 19.7 Å². The number of amides is 1. The van der Waals surface area contributed by atoms with Crippen LogP contribution < -0.4 is 14.8 Å². The van der Waals surface area contributed by atoms with E-state index in [9.17, 15) is 9.59 Å². The smallest absolute Gasteiger partial charge is 0.308 e. The molecular formula is C31H38N2O4. The number of methoxy groups -OCH3 is 1. The molecule has 0 aromatic heterocycles. The second-order valence-electron chi connectivity index (χ2n) is 11.0. The molecule has 1 aliphatic heterocycles. The third-order valence-electron chi connectivity index (χ3n) is 8.36. The first-order valence-corrected chi connectivity index (χ1v) is 13.6. The van der Waals surface area contributed by atoms with Gasteiger partial charge in [-0.1, -0.05) is 24.3 Å². The van der Waals surface area contributed by atoms with Gasteiger partial charge in [0.05, 0.1) is 7.11 Å². The van der Waals surface area contributed by atoms with Crippen LogP contribution in [0.4, 0.5) is 0 Å². The molecule has 2 aliphatic carbocycles. The minimum Gasteiger partial charge on any atom is -0.497 e. The number of benzene rings is 2. The molecule has 3 aliphatic rings. The third-order valence-corrected chi connectivity index (χ3v) is 8.36. The molecule has 37 heavy (non-hydrogen) atoms. The Morgan fingerprint density at radius 1 is 1.08 bits per heavy atom. The van der Waals surface area contributed by atoms with Gasteiger partial charge >= 0.3 is 5.97 Å². The van der Waals surface area contributed by atoms with Gasteiger partial charge in [0.15, 0.2) is 0 Å². The Labute approximate surface area is 220 Å². The van der Waals surface area contributed by atoms with Crippen molar-refractivity contribution in [1.29, 1.82) is 0 Å². The molecule has 196 valence electrons. The van der Waals surface area contributed by atoms with Gasteiger partial charge in [0.2, 0.25) is 5.91 Å². The summed E-state index contributed by atoms with van der Waals surface area (Å²) in [4.78, 5) is 27.2. The van der Waals surface area contributed by atoms with Gasteiger partial charge in [0.25, 0.3) is 0 Å². The van der Waals surface area contributed by atoms with E-state index in [2.05, 4.69) is 22.3 Å². The van der Waals surface area contributed by atoms with E-state index in [1.807, 2.05) is 42.5 Å². The predicted octanol–water partition coefficient (Wildman–Crippen LogP) is 4.97. The number of carbonyl (C=O) groups is 2. The fourth-order valence-corrected chi connectivity index (χ4v) is 6.37. The van der Waals surface area contributed by atoms with Crippen LogP contribution >= 0.6 is 0 Å². The van der Waals surface area contributed by atoms with E-state index in [1.165, 1.54) is 31.9 Å². The summed E-state index contributed by atoms with van der Waals surface area (Å²) in [5.41, 5.74) is 2.12. The molecule has 1 heterocycles. The number of nitrogens with zero attached hydrogens (tertiary/aromatic N) is 1. The molecule has 6 heteroatoms. The number of fused-ring (bicyclic) bond motifs is 1. The Kier molecular flexibility index (Phi) is 7.65. The van der Waals surface area contributed by atoms with Crippen molar-refractivity contribution in [2.24, 2.45) is 11.8 Å². The molecule has 2 aromatic carbocycles. The standard InChI is InChI=1S/C31H38N2O4/c1-22(34)37-29-8-4-6-25(18-29)31-15-16-33(20-24-9-10-24)21-26(31)12-13-27(19-31)32-30(35)14-11-23-5-3-7-28(17-23)36-2/h3-8,11,14,17-18,24,26-27H,9-10,12-13,15-16,19-21H2,1-2H3,(H,32,35)/b14-11+. The van der Waals surface area contributed by atoms with E-state index in [-0.39, 0.29) is 23.3 Å². The summed E-state index contributed by atoms with van der Waals surface area (Å²) in [5.74, 6) is 2.40. The Hall–Kier alpha value is -3.12. The summed E-state index contributed by atoms with van der Waals surface area (Å²) < 4.78 is 10.7. The molecule has 5 rings (SSSR count). The quantitative estimate of drug-likeness (QED) is 0.314. The first-order chi connectivity index (χ1) is 17.9. The first kappa shape index (κ1) is 25.5. The normalized spacial score (nSPS) is 25.9. The number of carbonyl (C=O) groups excluding carboxylic acids is 2. The van der Waals surface area contributed by atoms with Gasteiger partial charge in [-0.3, -0.25) is 9.59 Å². The first-order valence-electron chi connectivity index (χ1n) is 13.6. The van der Waals surface area contributed by atoms with Crippen molar-refractivity contribution >= 4 is 18.0 Å². The van der Waals surface area contributed by atoms with Crippen LogP contribution in [0, 0.1) is 11.8 Å². The van der Waals surface area contributed by atoms with Crippen molar-refractivity contribution in [3.8, 4) is 11.5 Å². The highest BCUT2D eigenvalue weighted by atomic mass is 16.5. The van der Waals surface area contributed by atoms with Crippen LogP contribution in [0.3, 0.4) is 0 Å². The number of rotatable bonds is 8. The minimum atomic E-state index is -0.304. The van der Waals surface area contributed by atoms with Crippen molar-refractivity contribution in [2.45, 2.75) is 56.9 Å². The maximum Gasteiger partial charge on any atom is 0.308 e. The lowest BCUT2D eigenvalue weighted by atomic mass is 9.58. The van der Waals surface area contributed by atoms with Crippen LogP contribution in [-0.2, 0) is 15.0 Å². The summed E-state index contributed by atoms with van der Waals surface area (Å²) in [7, 11) is 1.64. The van der Waals surface area contributed by atoms with Gasteiger partial charge in [-0.25, -0.2) is 0 Å². The highest BCUT2D eigenvalue weighted by Gasteiger charge is 2.48. The zero-order chi connectivity index (χ0) is 25.8. The average molecular weight is 503 g/mol. The molecule has 1 amide bonds. The van der Waals surface area contributed by atoms with Crippen LogP contribution in [0.1, 0.15) is 56.6 Å². The van der Waals surface area contributed by atoms with E-state index in [1.54, 1.807) is 13.2 Å². The lowest BCUT2D eigenvalue weighted by molar-refractivity contribution is -0.131. The molecule has 0 spiro atoms. The number of nitrogens with one attached hydrogen (secondary N) is 1. The van der Waals surface area contributed by atoms with Crippen molar-refractivity contribution in [1.82, 2.24) is 10.2 Å². The van der Waals surface area contributed by atoms with Crippen molar-refractivity contribution < 1.29 is 19.1 Å². The van der Waals surface area contributed by atoms with E-state index in [0.29, 0.717) is 11.7 Å². The molecule has 3 unspecified atom stereocenters. The minimum absolute atomic E-state index is 0.0388. The summed E-state index contributed by atoms with van der Waals surface area (Å²) in [6, 6.07) is 15.9. The highest BCUT2D eigenvalue weighted by molar-refractivity contribution is 5.92. The maximum absolute atomic E-state index is 12.9. The van der Waals surface area contributed by atoms with Crippen LogP contribution in [0.2, 0.25) is 0 Å². The lowest BCUT2D eigenvalue weighted by Crippen LogP contribution is -2.56. The Balaban J connectivity index is 1.32. The third kappa shape index (κ3) is 6.24. The number of piperidine rings is 1. The molecule has 2 aromatic rings. The number of hydrogen-bond acceptors (Lipinski definition) is 5. The van der Waals surface area contributed by atoms with Gasteiger partial charge in [-0.05, 0) is 98.4 Å². The lowest BCUT2D eigenvalue weighted by Gasteiger charge is -2.53. The molecule has 3 fully saturated rings. The van der Waals surface area contributed by atoms with Crippen LogP contribution in [0.15, 0.2) is 54.6 Å². The fourth-order valence-electron chi connectivity index (χ4n) is 6.37. The summed E-state index contributed by atoms with van der Waals surface area (Å²) in [6.45, 7) is 4.83. The molecule has 1 saturated heterocycles. The van der Waals surface area contributed by atoms with Gasteiger partial charge in [-0.2, -0.15) is 0 Å². The summed E-state index contributed by atoms with van der Waals surface area (Å²) in [6.07, 6.45) is 10.2. The zero-order valence-electron chi connectivity index (χ0n) is 21.9. The van der Waals surface area contributed by atoms with E-state index < -0.39 is 0 Å². The molecule has 2 saturated carbocycles. The van der Waals surface area contributed by atoms with Crippen molar-refractivity contribution in [3.63, 3.8) is 0 Å². The van der Waals surface area contributed by atoms with E-state index in [4.69, 9.17) is 9.47 Å². The Morgan fingerprint density at radius 3 is 2.68 bits per heavy atom. The largest absolute Gasteiger partial charge is 0.497 e. The topological polar surface area (TPSA) is 67.9 Å². The van der Waals surface area contributed by atoms with Crippen LogP contribution in [0.25, 0.3) is 6.08 Å². The number of esters is 1. The van der Waals surface area contributed by atoms with Gasteiger partial charge in [0, 0.05) is 37.5 Å². The Morgan fingerprint density at radius 2 is 1.89 bits per heavy atom. The number of hydrogen-bond donors (Lipinski definition) is 1. The monoisotopic (exact) mass is 502 g/mol. The number of ether oxygens (including phenoxy) is 2. The van der Waals surface area contributed by atoms with Gasteiger partial charge in [-0.15, -0.1) is 0 Å². The maximum atomic E-state index is 12.9. The molecule has 3 atom stereocenters. The van der Waals surface area contributed by atoms with Crippen LogP contribution in [-0.4, -0.2) is 49.6 Å². The molecule has 0 bridgehead atoms. The molecule has 6 nitrogen and oxygen atoms in total. The van der Waals surface area contributed by atoms with Crippen molar-refractivity contribution in [2.75, 3.05) is 26.7 Å². The second kappa shape index (κ2) is 11.1. The predicted molar refractivity (Wildman–Crippen MR) is 145 cm³/mol. The van der Waals surface area contributed by atoms with Gasteiger partial charge in [0.1, 0.15) is 11.5 Å². The Bertz CT molecular complexity index is 1160. The summed E-state index contributed by atoms with van der Waals surface area (Å²) in [5, 5.41) is 3.29. The highest BCUT2D eigenvalue weighted by Crippen LogP contribution is 2.50. The second-order valence-corrected chi connectivity index (χ2v) is 11.0. The molecule has 0 radical (unpaired) electrons.